The van der Waals surface area contributed by atoms with Gasteiger partial charge in [-0.05, 0) is 18.6 Å². The van der Waals surface area contributed by atoms with E-state index in [-0.39, 0.29) is 6.17 Å². The summed E-state index contributed by atoms with van der Waals surface area (Å²) >= 11 is 0. The molecule has 0 spiro atoms. The molecule has 2 N–H and O–H groups in total. The highest BCUT2D eigenvalue weighted by molar-refractivity contribution is 5.45. The topological polar surface area (TPSA) is 29.3 Å². The van der Waals surface area contributed by atoms with E-state index in [2.05, 4.69) is 24.0 Å². The fourth-order valence-corrected chi connectivity index (χ4v) is 1.34. The van der Waals surface area contributed by atoms with Gasteiger partial charge in [0, 0.05) is 12.7 Å². The minimum atomic E-state index is 0.132. The Kier molecular flexibility index (Phi) is 3.77. The number of para-hydroxylation sites is 1. The van der Waals surface area contributed by atoms with Crippen LogP contribution in [0.2, 0.25) is 0 Å². The second kappa shape index (κ2) is 4.87. The average molecular weight is 178 g/mol. The second-order valence-corrected chi connectivity index (χ2v) is 3.30. The Morgan fingerprint density at radius 2 is 1.92 bits per heavy atom. The number of anilines is 1. The number of nitrogens with two attached hydrogens (primary N) is 1. The van der Waals surface area contributed by atoms with Gasteiger partial charge in [-0.1, -0.05) is 31.5 Å². The molecule has 0 aliphatic rings. The minimum absolute atomic E-state index is 0.132. The predicted octanol–water partition coefficient (Wildman–Crippen LogP) is 2.21. The van der Waals surface area contributed by atoms with E-state index < -0.39 is 0 Å². The Bertz CT molecular complexity index is 233. The molecule has 0 heterocycles. The van der Waals surface area contributed by atoms with Crippen molar-refractivity contribution in [2.45, 2.75) is 25.9 Å². The van der Waals surface area contributed by atoms with Crippen molar-refractivity contribution < 1.29 is 0 Å². The lowest BCUT2D eigenvalue weighted by Crippen LogP contribution is -2.38. The standard InChI is InChI=1S/C11H18N2/c1-3-7-11(12)13(2)10-8-5-4-6-9-10/h4-6,8-9,11H,3,7,12H2,1-2H3. The lowest BCUT2D eigenvalue weighted by molar-refractivity contribution is 0.592. The molecule has 0 fully saturated rings. The molecule has 0 aliphatic heterocycles. The summed E-state index contributed by atoms with van der Waals surface area (Å²) < 4.78 is 0. The number of hydrogen-bond donors (Lipinski definition) is 1. The third-order valence-electron chi connectivity index (χ3n) is 2.25. The molecule has 72 valence electrons. The zero-order chi connectivity index (χ0) is 9.68. The van der Waals surface area contributed by atoms with Gasteiger partial charge in [-0.15, -0.1) is 0 Å². The van der Waals surface area contributed by atoms with E-state index in [1.165, 1.54) is 5.69 Å². The van der Waals surface area contributed by atoms with Gasteiger partial charge in [0.15, 0.2) is 0 Å². The van der Waals surface area contributed by atoms with Gasteiger partial charge in [-0.25, -0.2) is 0 Å². The van der Waals surface area contributed by atoms with E-state index in [1.54, 1.807) is 0 Å². The largest absolute Gasteiger partial charge is 0.359 e. The summed E-state index contributed by atoms with van der Waals surface area (Å²) in [7, 11) is 2.04. The summed E-state index contributed by atoms with van der Waals surface area (Å²) in [5.74, 6) is 0. The first-order valence-electron chi connectivity index (χ1n) is 4.79. The van der Waals surface area contributed by atoms with Crippen molar-refractivity contribution in [2.75, 3.05) is 11.9 Å². The predicted molar refractivity (Wildman–Crippen MR) is 57.7 cm³/mol. The van der Waals surface area contributed by atoms with Gasteiger partial charge >= 0.3 is 0 Å². The van der Waals surface area contributed by atoms with Crippen LogP contribution in [0.4, 0.5) is 5.69 Å². The molecule has 0 saturated heterocycles. The van der Waals surface area contributed by atoms with Gasteiger partial charge in [-0.2, -0.15) is 0 Å². The fourth-order valence-electron chi connectivity index (χ4n) is 1.34. The molecule has 2 nitrogen and oxygen atoms in total. The van der Waals surface area contributed by atoms with Crippen molar-refractivity contribution in [3.8, 4) is 0 Å². The number of benzene rings is 1. The Balaban J connectivity index is 2.62. The molecule has 0 aromatic heterocycles. The summed E-state index contributed by atoms with van der Waals surface area (Å²) in [4.78, 5) is 2.11. The molecule has 0 saturated carbocycles. The van der Waals surface area contributed by atoms with Crippen molar-refractivity contribution in [2.24, 2.45) is 5.73 Å². The summed E-state index contributed by atoms with van der Waals surface area (Å²) in [5.41, 5.74) is 7.17. The van der Waals surface area contributed by atoms with Crippen molar-refractivity contribution in [3.05, 3.63) is 30.3 Å². The van der Waals surface area contributed by atoms with Crippen molar-refractivity contribution in [3.63, 3.8) is 0 Å². The highest BCUT2D eigenvalue weighted by Gasteiger charge is 2.07. The molecule has 0 radical (unpaired) electrons. The van der Waals surface area contributed by atoms with Gasteiger partial charge in [0.25, 0.3) is 0 Å². The van der Waals surface area contributed by atoms with Gasteiger partial charge < -0.3 is 10.6 Å². The van der Waals surface area contributed by atoms with E-state index in [9.17, 15) is 0 Å². The maximum atomic E-state index is 5.99. The first-order valence-corrected chi connectivity index (χ1v) is 4.79. The van der Waals surface area contributed by atoms with Gasteiger partial charge in [0.05, 0.1) is 6.17 Å². The van der Waals surface area contributed by atoms with E-state index in [0.717, 1.165) is 12.8 Å². The highest BCUT2D eigenvalue weighted by Crippen LogP contribution is 2.13. The van der Waals surface area contributed by atoms with Crippen LogP contribution in [0.3, 0.4) is 0 Å². The summed E-state index contributed by atoms with van der Waals surface area (Å²) in [6.07, 6.45) is 2.29. The van der Waals surface area contributed by atoms with E-state index in [4.69, 9.17) is 5.73 Å². The summed E-state index contributed by atoms with van der Waals surface area (Å²) in [6, 6.07) is 10.2. The second-order valence-electron chi connectivity index (χ2n) is 3.30. The molecule has 1 aromatic rings. The minimum Gasteiger partial charge on any atom is -0.359 e. The molecule has 0 bridgehead atoms. The van der Waals surface area contributed by atoms with Crippen molar-refractivity contribution in [1.29, 1.82) is 0 Å². The zero-order valence-electron chi connectivity index (χ0n) is 8.40. The Morgan fingerprint density at radius 3 is 2.46 bits per heavy atom. The van der Waals surface area contributed by atoms with Crippen LogP contribution in [0, 0.1) is 0 Å². The fraction of sp³-hybridized carbons (Fsp3) is 0.455. The lowest BCUT2D eigenvalue weighted by atomic mass is 10.2. The summed E-state index contributed by atoms with van der Waals surface area (Å²) in [6.45, 7) is 2.15. The molecular weight excluding hydrogens is 160 g/mol. The third kappa shape index (κ3) is 2.74. The van der Waals surface area contributed by atoms with Crippen LogP contribution in [0.5, 0.6) is 0 Å². The molecule has 13 heavy (non-hydrogen) atoms. The SMILES string of the molecule is CCCC(N)N(C)c1ccccc1. The van der Waals surface area contributed by atoms with Crippen LogP contribution >= 0.6 is 0 Å². The van der Waals surface area contributed by atoms with E-state index in [0.29, 0.717) is 0 Å². The molecular formula is C11H18N2. The monoisotopic (exact) mass is 178 g/mol. The van der Waals surface area contributed by atoms with E-state index in [1.807, 2.05) is 25.2 Å². The molecule has 1 aromatic carbocycles. The molecule has 2 heteroatoms. The van der Waals surface area contributed by atoms with Gasteiger partial charge in [0.1, 0.15) is 0 Å². The smallest absolute Gasteiger partial charge is 0.0767 e. The van der Waals surface area contributed by atoms with Crippen LogP contribution in [0.1, 0.15) is 19.8 Å². The summed E-state index contributed by atoms with van der Waals surface area (Å²) in [5, 5.41) is 0. The lowest BCUT2D eigenvalue weighted by Gasteiger charge is -2.26. The molecule has 0 amide bonds. The maximum Gasteiger partial charge on any atom is 0.0767 e. The zero-order valence-corrected chi connectivity index (χ0v) is 8.40. The molecule has 1 rings (SSSR count). The molecule has 0 aliphatic carbocycles. The van der Waals surface area contributed by atoms with Gasteiger partial charge in [0.2, 0.25) is 0 Å². The molecule has 1 unspecified atom stereocenters. The number of nitrogens with zero attached hydrogens (tertiary/aromatic N) is 1. The Labute approximate surface area is 80.4 Å². The van der Waals surface area contributed by atoms with E-state index >= 15 is 0 Å². The van der Waals surface area contributed by atoms with Crippen molar-refractivity contribution in [1.82, 2.24) is 0 Å². The van der Waals surface area contributed by atoms with Crippen LogP contribution in [0.25, 0.3) is 0 Å². The first kappa shape index (κ1) is 10.1. The first-order chi connectivity index (χ1) is 6.25. The van der Waals surface area contributed by atoms with Crippen LogP contribution in [0.15, 0.2) is 30.3 Å². The number of hydrogen-bond acceptors (Lipinski definition) is 2. The maximum absolute atomic E-state index is 5.99. The van der Waals surface area contributed by atoms with Crippen LogP contribution < -0.4 is 10.6 Å². The van der Waals surface area contributed by atoms with Crippen molar-refractivity contribution >= 4 is 5.69 Å². The average Bonchev–Trinajstić information content (AvgIpc) is 2.18. The van der Waals surface area contributed by atoms with Crippen LogP contribution in [-0.2, 0) is 0 Å². The third-order valence-corrected chi connectivity index (χ3v) is 2.25. The molecule has 1 atom stereocenters. The Morgan fingerprint density at radius 1 is 1.31 bits per heavy atom. The van der Waals surface area contributed by atoms with Crippen LogP contribution in [-0.4, -0.2) is 13.2 Å². The highest BCUT2D eigenvalue weighted by atomic mass is 15.2. The number of rotatable bonds is 4. The normalized spacial score (nSPS) is 12.5. The Hall–Kier alpha value is -1.02. The quantitative estimate of drug-likeness (QED) is 0.716. The van der Waals surface area contributed by atoms with Gasteiger partial charge in [-0.3, -0.25) is 0 Å².